The van der Waals surface area contributed by atoms with Crippen LogP contribution in [0.5, 0.6) is 11.6 Å². The summed E-state index contributed by atoms with van der Waals surface area (Å²) in [6, 6.07) is 14.2. The fourth-order valence-corrected chi connectivity index (χ4v) is 2.71. The van der Waals surface area contributed by atoms with Gasteiger partial charge in [0, 0.05) is 36.0 Å². The van der Waals surface area contributed by atoms with Crippen LogP contribution in [0.3, 0.4) is 0 Å². The van der Waals surface area contributed by atoms with E-state index < -0.39 is 0 Å². The first-order valence-corrected chi connectivity index (χ1v) is 8.92. The van der Waals surface area contributed by atoms with E-state index in [0.29, 0.717) is 28.6 Å². The van der Waals surface area contributed by atoms with Crippen molar-refractivity contribution in [2.45, 2.75) is 6.92 Å². The van der Waals surface area contributed by atoms with Crippen LogP contribution in [-0.2, 0) is 0 Å². The molecule has 0 spiro atoms. The molecule has 7 nitrogen and oxygen atoms in total. The summed E-state index contributed by atoms with van der Waals surface area (Å²) in [6.45, 7) is 1.91. The minimum absolute atomic E-state index is 0.238. The van der Waals surface area contributed by atoms with Crippen LogP contribution in [0.15, 0.2) is 79.6 Å². The van der Waals surface area contributed by atoms with Crippen LogP contribution in [0.25, 0.3) is 11.3 Å². The molecule has 3 aromatic heterocycles. The van der Waals surface area contributed by atoms with Crippen LogP contribution in [0.1, 0.15) is 15.9 Å². The largest absolute Gasteiger partial charge is 0.438 e. The topological polar surface area (TPSA) is 89.9 Å². The molecule has 1 N–H and O–H groups in total. The first-order valence-electron chi connectivity index (χ1n) is 8.92. The highest BCUT2D eigenvalue weighted by atomic mass is 16.5. The van der Waals surface area contributed by atoms with Crippen molar-refractivity contribution in [3.63, 3.8) is 0 Å². The van der Waals surface area contributed by atoms with Gasteiger partial charge in [-0.1, -0.05) is 6.07 Å². The lowest BCUT2D eigenvalue weighted by Crippen LogP contribution is -2.12. The van der Waals surface area contributed by atoms with Gasteiger partial charge in [-0.25, -0.2) is 15.0 Å². The molecule has 4 aromatic rings. The van der Waals surface area contributed by atoms with Gasteiger partial charge in [0.25, 0.3) is 5.91 Å². The Morgan fingerprint density at radius 3 is 2.55 bits per heavy atom. The maximum atomic E-state index is 12.6. The molecule has 4 rings (SSSR count). The lowest BCUT2D eigenvalue weighted by atomic mass is 10.1. The van der Waals surface area contributed by atoms with Gasteiger partial charge in [-0.15, -0.1) is 0 Å². The average Bonchev–Trinajstić information content (AvgIpc) is 2.77. The first-order chi connectivity index (χ1) is 14.2. The van der Waals surface area contributed by atoms with Gasteiger partial charge in [0.1, 0.15) is 12.1 Å². The Morgan fingerprint density at radius 1 is 0.931 bits per heavy atom. The highest BCUT2D eigenvalue weighted by Crippen LogP contribution is 2.32. The molecule has 0 fully saturated rings. The Bertz CT molecular complexity index is 1130. The zero-order valence-electron chi connectivity index (χ0n) is 15.6. The van der Waals surface area contributed by atoms with E-state index in [0.717, 1.165) is 11.1 Å². The number of hydrogen-bond donors (Lipinski definition) is 1. The smallest absolute Gasteiger partial charge is 0.255 e. The van der Waals surface area contributed by atoms with Crippen molar-refractivity contribution in [2.75, 3.05) is 5.32 Å². The predicted octanol–water partition coefficient (Wildman–Crippen LogP) is 4.29. The molecule has 0 saturated heterocycles. The molecular formula is C22H17N5O2. The number of amides is 1. The van der Waals surface area contributed by atoms with E-state index >= 15 is 0 Å². The highest BCUT2D eigenvalue weighted by Gasteiger charge is 2.14. The molecular weight excluding hydrogens is 366 g/mol. The van der Waals surface area contributed by atoms with Crippen molar-refractivity contribution >= 4 is 11.6 Å². The minimum atomic E-state index is -0.238. The first kappa shape index (κ1) is 18.2. The van der Waals surface area contributed by atoms with Crippen molar-refractivity contribution in [3.05, 3.63) is 90.8 Å². The van der Waals surface area contributed by atoms with Gasteiger partial charge in [-0.05, 0) is 55.0 Å². The van der Waals surface area contributed by atoms with Gasteiger partial charge in [-0.3, -0.25) is 9.78 Å². The van der Waals surface area contributed by atoms with Gasteiger partial charge in [0.15, 0.2) is 0 Å². The molecule has 0 saturated carbocycles. The van der Waals surface area contributed by atoms with Crippen molar-refractivity contribution < 1.29 is 9.53 Å². The number of carbonyl (C=O) groups excluding carboxylic acids is 1. The molecule has 1 amide bonds. The van der Waals surface area contributed by atoms with Crippen LogP contribution >= 0.6 is 0 Å². The Balaban J connectivity index is 1.62. The van der Waals surface area contributed by atoms with Gasteiger partial charge in [-0.2, -0.15) is 0 Å². The normalized spacial score (nSPS) is 10.4. The molecule has 0 radical (unpaired) electrons. The zero-order chi connectivity index (χ0) is 20.1. The molecule has 0 atom stereocenters. The monoisotopic (exact) mass is 383 g/mol. The second kappa shape index (κ2) is 8.26. The lowest BCUT2D eigenvalue weighted by molar-refractivity contribution is 0.102. The molecule has 29 heavy (non-hydrogen) atoms. The third-order valence-corrected chi connectivity index (χ3v) is 4.22. The number of rotatable bonds is 5. The van der Waals surface area contributed by atoms with E-state index in [1.54, 1.807) is 55.1 Å². The SMILES string of the molecule is Cc1ccc(C(=O)Nc2ccncc2)cc1Oc1ncccc1-c1ccncn1. The summed E-state index contributed by atoms with van der Waals surface area (Å²) in [4.78, 5) is 29.1. The van der Waals surface area contributed by atoms with Crippen molar-refractivity contribution in [1.29, 1.82) is 0 Å². The number of ether oxygens (including phenoxy) is 1. The number of aromatic nitrogens is 4. The number of anilines is 1. The molecule has 7 heteroatoms. The van der Waals surface area contributed by atoms with Crippen LogP contribution in [0.4, 0.5) is 5.69 Å². The Kier molecular flexibility index (Phi) is 5.20. The number of nitrogens with one attached hydrogen (secondary N) is 1. The number of benzene rings is 1. The summed E-state index contributed by atoms with van der Waals surface area (Å²) in [6.07, 6.45) is 8.02. The van der Waals surface area contributed by atoms with Crippen molar-refractivity contribution in [1.82, 2.24) is 19.9 Å². The van der Waals surface area contributed by atoms with Gasteiger partial charge < -0.3 is 10.1 Å². The number of carbonyl (C=O) groups is 1. The summed E-state index contributed by atoms with van der Waals surface area (Å²) >= 11 is 0. The molecule has 0 unspecified atom stereocenters. The van der Waals surface area contributed by atoms with Crippen LogP contribution in [0, 0.1) is 6.92 Å². The van der Waals surface area contributed by atoms with E-state index in [-0.39, 0.29) is 5.91 Å². The molecule has 3 heterocycles. The Hall–Kier alpha value is -4.13. The third kappa shape index (κ3) is 4.24. The fraction of sp³-hybridized carbons (Fsp3) is 0.0455. The predicted molar refractivity (Wildman–Crippen MR) is 109 cm³/mol. The number of aryl methyl sites for hydroxylation is 1. The maximum Gasteiger partial charge on any atom is 0.255 e. The van der Waals surface area contributed by atoms with Crippen LogP contribution < -0.4 is 10.1 Å². The summed E-state index contributed by atoms with van der Waals surface area (Å²) in [5.41, 5.74) is 3.46. The molecule has 1 aromatic carbocycles. The Labute approximate surface area is 167 Å². The van der Waals surface area contributed by atoms with E-state index in [4.69, 9.17) is 4.74 Å². The van der Waals surface area contributed by atoms with E-state index in [2.05, 4.69) is 25.3 Å². The second-order valence-corrected chi connectivity index (χ2v) is 6.22. The summed E-state index contributed by atoms with van der Waals surface area (Å²) < 4.78 is 6.07. The number of pyridine rings is 2. The zero-order valence-corrected chi connectivity index (χ0v) is 15.6. The van der Waals surface area contributed by atoms with Crippen LogP contribution in [-0.4, -0.2) is 25.8 Å². The molecule has 142 valence electrons. The van der Waals surface area contributed by atoms with E-state index in [1.807, 2.05) is 25.1 Å². The van der Waals surface area contributed by atoms with Gasteiger partial charge in [0.05, 0.1) is 11.3 Å². The van der Waals surface area contributed by atoms with Gasteiger partial charge >= 0.3 is 0 Å². The molecule has 0 aliphatic heterocycles. The molecule has 0 aliphatic rings. The minimum Gasteiger partial charge on any atom is -0.438 e. The van der Waals surface area contributed by atoms with Gasteiger partial charge in [0.2, 0.25) is 5.88 Å². The highest BCUT2D eigenvalue weighted by molar-refractivity contribution is 6.04. The third-order valence-electron chi connectivity index (χ3n) is 4.22. The summed E-state index contributed by atoms with van der Waals surface area (Å²) in [7, 11) is 0. The van der Waals surface area contributed by atoms with Crippen molar-refractivity contribution in [3.8, 4) is 22.9 Å². The standard InChI is InChI=1S/C22H17N5O2/c1-15-4-5-16(21(28)27-17-6-10-23-11-7-17)13-20(15)29-22-18(3-2-9-25-22)19-8-12-24-14-26-19/h2-14H,1H3,(H,23,27,28). The quantitative estimate of drug-likeness (QED) is 0.553. The van der Waals surface area contributed by atoms with E-state index in [1.165, 1.54) is 6.33 Å². The molecule has 0 bridgehead atoms. The van der Waals surface area contributed by atoms with E-state index in [9.17, 15) is 4.79 Å². The average molecular weight is 383 g/mol. The second-order valence-electron chi connectivity index (χ2n) is 6.22. The maximum absolute atomic E-state index is 12.6. The lowest BCUT2D eigenvalue weighted by Gasteiger charge is -2.13. The number of nitrogens with zero attached hydrogens (tertiary/aromatic N) is 4. The fourth-order valence-electron chi connectivity index (χ4n) is 2.71. The number of hydrogen-bond acceptors (Lipinski definition) is 6. The Morgan fingerprint density at radius 2 is 1.76 bits per heavy atom. The molecule has 0 aliphatic carbocycles. The van der Waals surface area contributed by atoms with Crippen molar-refractivity contribution in [2.24, 2.45) is 0 Å². The van der Waals surface area contributed by atoms with Crippen LogP contribution in [0.2, 0.25) is 0 Å². The summed E-state index contributed by atoms with van der Waals surface area (Å²) in [5, 5.41) is 2.84. The summed E-state index contributed by atoms with van der Waals surface area (Å²) in [5.74, 6) is 0.709.